The molecule has 5 heteroatoms. The summed E-state index contributed by atoms with van der Waals surface area (Å²) in [5.74, 6) is 0.514. The van der Waals surface area contributed by atoms with E-state index in [0.717, 1.165) is 15.8 Å². The quantitative estimate of drug-likeness (QED) is 0.593. The third-order valence-electron chi connectivity index (χ3n) is 2.17. The molecule has 1 aromatic carbocycles. The van der Waals surface area contributed by atoms with Crippen molar-refractivity contribution in [3.05, 3.63) is 28.2 Å². The molecule has 0 spiro atoms. The zero-order valence-electron chi connectivity index (χ0n) is 9.70. The van der Waals surface area contributed by atoms with Gasteiger partial charge < -0.3 is 9.47 Å². The van der Waals surface area contributed by atoms with Gasteiger partial charge in [0.15, 0.2) is 0 Å². The first kappa shape index (κ1) is 14.5. The Hall–Kier alpha value is -0.550. The van der Waals surface area contributed by atoms with E-state index in [1.807, 2.05) is 18.2 Å². The van der Waals surface area contributed by atoms with Gasteiger partial charge >= 0.3 is 5.97 Å². The van der Waals surface area contributed by atoms with Gasteiger partial charge in [0.25, 0.3) is 0 Å². The van der Waals surface area contributed by atoms with Gasteiger partial charge in [0, 0.05) is 0 Å². The van der Waals surface area contributed by atoms with Crippen LogP contribution >= 0.6 is 31.9 Å². The average molecular weight is 366 g/mol. The lowest BCUT2D eigenvalue weighted by atomic mass is 10.1. The van der Waals surface area contributed by atoms with E-state index in [-0.39, 0.29) is 10.8 Å². The first-order chi connectivity index (χ1) is 8.08. The summed E-state index contributed by atoms with van der Waals surface area (Å²) in [5, 5.41) is 0. The Morgan fingerprint density at radius 2 is 2.18 bits per heavy atom. The Kier molecular flexibility index (Phi) is 5.98. The van der Waals surface area contributed by atoms with Gasteiger partial charge in [-0.2, -0.15) is 0 Å². The van der Waals surface area contributed by atoms with Gasteiger partial charge in [-0.05, 0) is 47.0 Å². The highest BCUT2D eigenvalue weighted by Crippen LogP contribution is 2.26. The molecular weight excluding hydrogens is 352 g/mol. The Morgan fingerprint density at radius 3 is 2.76 bits per heavy atom. The third-order valence-corrected chi connectivity index (χ3v) is 3.53. The minimum absolute atomic E-state index is 0.241. The lowest BCUT2D eigenvalue weighted by Crippen LogP contribution is -2.19. The molecule has 3 nitrogen and oxygen atoms in total. The van der Waals surface area contributed by atoms with Gasteiger partial charge in [-0.15, -0.1) is 0 Å². The second kappa shape index (κ2) is 7.01. The van der Waals surface area contributed by atoms with Crippen LogP contribution in [0.1, 0.15) is 12.5 Å². The van der Waals surface area contributed by atoms with Crippen molar-refractivity contribution in [2.24, 2.45) is 0 Å². The van der Waals surface area contributed by atoms with Crippen LogP contribution in [0.2, 0.25) is 0 Å². The summed E-state index contributed by atoms with van der Waals surface area (Å²) in [6.07, 6.45) is 0.572. The summed E-state index contributed by atoms with van der Waals surface area (Å²) >= 11 is 6.70. The molecule has 0 N–H and O–H groups in total. The number of rotatable bonds is 5. The van der Waals surface area contributed by atoms with Crippen molar-refractivity contribution in [3.63, 3.8) is 0 Å². The number of hydrogen-bond donors (Lipinski definition) is 0. The first-order valence-electron chi connectivity index (χ1n) is 5.21. The molecule has 0 amide bonds. The van der Waals surface area contributed by atoms with Crippen LogP contribution in [0, 0.1) is 0 Å². The van der Waals surface area contributed by atoms with Crippen LogP contribution in [0.5, 0.6) is 5.75 Å². The summed E-state index contributed by atoms with van der Waals surface area (Å²) < 4.78 is 11.0. The topological polar surface area (TPSA) is 35.5 Å². The van der Waals surface area contributed by atoms with Crippen LogP contribution in [0.15, 0.2) is 22.7 Å². The SMILES string of the molecule is CCOC(=O)C(Br)Cc1ccc(Br)c(OC)c1. The van der Waals surface area contributed by atoms with Gasteiger partial charge in [-0.3, -0.25) is 4.79 Å². The van der Waals surface area contributed by atoms with E-state index >= 15 is 0 Å². The molecule has 0 aliphatic carbocycles. The van der Waals surface area contributed by atoms with E-state index in [2.05, 4.69) is 31.9 Å². The lowest BCUT2D eigenvalue weighted by molar-refractivity contribution is -0.142. The number of carbonyl (C=O) groups excluding carboxylic acids is 1. The van der Waals surface area contributed by atoms with E-state index in [0.29, 0.717) is 13.0 Å². The van der Waals surface area contributed by atoms with Crippen molar-refractivity contribution in [1.82, 2.24) is 0 Å². The van der Waals surface area contributed by atoms with E-state index in [9.17, 15) is 4.79 Å². The standard InChI is InChI=1S/C12H14Br2O3/c1-3-17-12(15)10(14)6-8-4-5-9(13)11(7-8)16-2/h4-5,7,10H,3,6H2,1-2H3. The van der Waals surface area contributed by atoms with E-state index in [4.69, 9.17) is 9.47 Å². The Morgan fingerprint density at radius 1 is 1.47 bits per heavy atom. The maximum atomic E-state index is 11.5. The molecule has 17 heavy (non-hydrogen) atoms. The fraction of sp³-hybridized carbons (Fsp3) is 0.417. The van der Waals surface area contributed by atoms with Gasteiger partial charge in [-0.1, -0.05) is 22.0 Å². The molecule has 0 radical (unpaired) electrons. The van der Waals surface area contributed by atoms with Gasteiger partial charge in [0.1, 0.15) is 10.6 Å². The minimum atomic E-state index is -0.326. The van der Waals surface area contributed by atoms with E-state index < -0.39 is 0 Å². The molecule has 0 saturated heterocycles. The molecule has 1 unspecified atom stereocenters. The molecule has 1 rings (SSSR count). The molecule has 1 aromatic rings. The maximum absolute atomic E-state index is 11.5. The molecule has 0 aliphatic heterocycles. The van der Waals surface area contributed by atoms with Gasteiger partial charge in [0.05, 0.1) is 18.2 Å². The summed E-state index contributed by atoms with van der Waals surface area (Å²) in [7, 11) is 1.61. The summed E-state index contributed by atoms with van der Waals surface area (Å²) in [4.78, 5) is 11.1. The van der Waals surface area contributed by atoms with Crippen molar-refractivity contribution in [2.75, 3.05) is 13.7 Å². The minimum Gasteiger partial charge on any atom is -0.496 e. The van der Waals surface area contributed by atoms with Crippen LogP contribution in [0.25, 0.3) is 0 Å². The van der Waals surface area contributed by atoms with Crippen LogP contribution in [-0.2, 0) is 16.0 Å². The largest absolute Gasteiger partial charge is 0.496 e. The molecule has 0 bridgehead atoms. The average Bonchev–Trinajstić information content (AvgIpc) is 2.31. The Bertz CT molecular complexity index is 393. The highest BCUT2D eigenvalue weighted by atomic mass is 79.9. The van der Waals surface area contributed by atoms with Crippen molar-refractivity contribution >= 4 is 37.8 Å². The fourth-order valence-electron chi connectivity index (χ4n) is 1.35. The Labute approximate surface area is 118 Å². The summed E-state index contributed by atoms with van der Waals surface area (Å²) in [6.45, 7) is 2.19. The number of benzene rings is 1. The van der Waals surface area contributed by atoms with Gasteiger partial charge in [-0.25, -0.2) is 0 Å². The zero-order chi connectivity index (χ0) is 12.8. The molecule has 0 aromatic heterocycles. The second-order valence-electron chi connectivity index (χ2n) is 3.39. The fourth-order valence-corrected chi connectivity index (χ4v) is 2.27. The molecule has 1 atom stereocenters. The number of alkyl halides is 1. The normalized spacial score (nSPS) is 12.0. The maximum Gasteiger partial charge on any atom is 0.320 e. The van der Waals surface area contributed by atoms with Crippen LogP contribution in [0.4, 0.5) is 0 Å². The smallest absolute Gasteiger partial charge is 0.320 e. The molecule has 0 aliphatic rings. The van der Waals surface area contributed by atoms with Gasteiger partial charge in [0.2, 0.25) is 0 Å². The second-order valence-corrected chi connectivity index (χ2v) is 5.35. The highest BCUT2D eigenvalue weighted by Gasteiger charge is 2.17. The summed E-state index contributed by atoms with van der Waals surface area (Å²) in [6, 6.07) is 5.75. The van der Waals surface area contributed by atoms with E-state index in [1.165, 1.54) is 0 Å². The molecule has 0 heterocycles. The van der Waals surface area contributed by atoms with Crippen LogP contribution in [0.3, 0.4) is 0 Å². The molecule has 0 saturated carbocycles. The van der Waals surface area contributed by atoms with Crippen LogP contribution < -0.4 is 4.74 Å². The zero-order valence-corrected chi connectivity index (χ0v) is 12.9. The number of ether oxygens (including phenoxy) is 2. The van der Waals surface area contributed by atoms with Crippen LogP contribution in [-0.4, -0.2) is 24.5 Å². The number of esters is 1. The van der Waals surface area contributed by atoms with Crippen molar-refractivity contribution in [2.45, 2.75) is 18.2 Å². The molecule has 0 fully saturated rings. The number of halogens is 2. The van der Waals surface area contributed by atoms with Crippen molar-refractivity contribution < 1.29 is 14.3 Å². The predicted octanol–water partition coefficient (Wildman–Crippen LogP) is 3.33. The first-order valence-corrected chi connectivity index (χ1v) is 6.92. The predicted molar refractivity (Wildman–Crippen MR) is 73.7 cm³/mol. The Balaban J connectivity index is 2.71. The molecule has 94 valence electrons. The third kappa shape index (κ3) is 4.32. The highest BCUT2D eigenvalue weighted by molar-refractivity contribution is 9.10. The lowest BCUT2D eigenvalue weighted by Gasteiger charge is -2.10. The van der Waals surface area contributed by atoms with Crippen molar-refractivity contribution in [3.8, 4) is 5.75 Å². The number of hydrogen-bond acceptors (Lipinski definition) is 3. The van der Waals surface area contributed by atoms with Crippen molar-refractivity contribution in [1.29, 1.82) is 0 Å². The molecular formula is C12H14Br2O3. The summed E-state index contributed by atoms with van der Waals surface area (Å²) in [5.41, 5.74) is 1.01. The number of carbonyl (C=O) groups is 1. The number of methoxy groups -OCH3 is 1. The monoisotopic (exact) mass is 364 g/mol. The van der Waals surface area contributed by atoms with E-state index in [1.54, 1.807) is 14.0 Å².